The van der Waals surface area contributed by atoms with Crippen molar-refractivity contribution in [3.63, 3.8) is 0 Å². The second kappa shape index (κ2) is 10.6. The lowest BCUT2D eigenvalue weighted by molar-refractivity contribution is 1.15. The average Bonchev–Trinajstić information content (AvgIpc) is 3.99. The van der Waals surface area contributed by atoms with Crippen LogP contribution in [0.4, 0.5) is 0 Å². The van der Waals surface area contributed by atoms with Crippen molar-refractivity contribution in [1.82, 2.24) is 9.13 Å². The molecule has 0 atom stereocenters. The molecule has 13 aromatic rings. The molecule has 250 valence electrons. The van der Waals surface area contributed by atoms with E-state index < -0.39 is 0 Å². The topological polar surface area (TPSA) is 9.86 Å². The van der Waals surface area contributed by atoms with E-state index in [9.17, 15) is 0 Å². The van der Waals surface area contributed by atoms with E-state index in [1.54, 1.807) is 0 Å². The predicted molar refractivity (Wildman–Crippen MR) is 236 cm³/mol. The molecule has 0 N–H and O–H groups in total. The quantitative estimate of drug-likeness (QED) is 0.168. The Morgan fingerprint density at radius 1 is 0.278 bits per heavy atom. The first kappa shape index (κ1) is 29.0. The maximum Gasteiger partial charge on any atom is 0.0726 e. The van der Waals surface area contributed by atoms with Crippen LogP contribution >= 0.6 is 22.7 Å². The van der Waals surface area contributed by atoms with Gasteiger partial charge < -0.3 is 9.13 Å². The zero-order valence-electron chi connectivity index (χ0n) is 28.9. The summed E-state index contributed by atoms with van der Waals surface area (Å²) in [7, 11) is 0. The Kier molecular flexibility index (Phi) is 5.69. The Bertz CT molecular complexity index is 3480. The summed E-state index contributed by atoms with van der Waals surface area (Å²) in [5.74, 6) is 0. The highest BCUT2D eigenvalue weighted by Crippen LogP contribution is 2.50. The van der Waals surface area contributed by atoms with E-state index in [4.69, 9.17) is 0 Å². The molecular weight excluding hydrogens is 693 g/mol. The number of para-hydroxylation sites is 2. The molecule has 0 unspecified atom stereocenters. The van der Waals surface area contributed by atoms with Gasteiger partial charge in [0.05, 0.1) is 31.5 Å². The van der Waals surface area contributed by atoms with Gasteiger partial charge in [-0.15, -0.1) is 22.7 Å². The summed E-state index contributed by atoms with van der Waals surface area (Å²) in [6.45, 7) is 0. The second-order valence-electron chi connectivity index (χ2n) is 14.4. The maximum atomic E-state index is 2.52. The van der Waals surface area contributed by atoms with Crippen LogP contribution in [0.3, 0.4) is 0 Å². The first-order valence-electron chi connectivity index (χ1n) is 18.4. The fourth-order valence-electron chi connectivity index (χ4n) is 9.54. The number of nitrogens with zero attached hydrogens (tertiary/aromatic N) is 2. The van der Waals surface area contributed by atoms with Crippen molar-refractivity contribution in [1.29, 1.82) is 0 Å². The highest BCUT2D eigenvalue weighted by molar-refractivity contribution is 7.27. The molecule has 0 saturated heterocycles. The van der Waals surface area contributed by atoms with Crippen LogP contribution < -0.4 is 0 Å². The SMILES string of the molecule is c1ccc2c(c1)sc1c2c2ccccc2c2c3ccccc3n(-c3ccc(-n4c5ccccc5c5c6ccccc6c6c7ccccc7sc6c54)cc3)c12. The molecule has 4 heteroatoms. The molecule has 2 nitrogen and oxygen atoms in total. The van der Waals surface area contributed by atoms with Crippen molar-refractivity contribution in [2.75, 3.05) is 0 Å². The molecule has 54 heavy (non-hydrogen) atoms. The van der Waals surface area contributed by atoms with Crippen molar-refractivity contribution < 1.29 is 0 Å². The van der Waals surface area contributed by atoms with Crippen LogP contribution in [0.2, 0.25) is 0 Å². The van der Waals surface area contributed by atoms with Gasteiger partial charge in [-0.05, 0) is 70.1 Å². The Labute approximate surface area is 316 Å². The number of thiophene rings is 2. The molecule has 9 aromatic carbocycles. The van der Waals surface area contributed by atoms with E-state index in [0.29, 0.717) is 0 Å². The normalized spacial score (nSPS) is 12.4. The molecule has 0 spiro atoms. The highest BCUT2D eigenvalue weighted by atomic mass is 32.1. The molecule has 0 aliphatic heterocycles. The van der Waals surface area contributed by atoms with E-state index in [2.05, 4.69) is 179 Å². The first-order chi connectivity index (χ1) is 26.8. The van der Waals surface area contributed by atoms with Gasteiger partial charge in [-0.25, -0.2) is 0 Å². The number of benzene rings is 9. The van der Waals surface area contributed by atoms with Crippen LogP contribution in [0.1, 0.15) is 0 Å². The van der Waals surface area contributed by atoms with Gasteiger partial charge in [0, 0.05) is 63.9 Å². The summed E-state index contributed by atoms with van der Waals surface area (Å²) < 4.78 is 10.4. The van der Waals surface area contributed by atoms with E-state index >= 15 is 0 Å². The average molecular weight is 721 g/mol. The van der Waals surface area contributed by atoms with Gasteiger partial charge in [-0.2, -0.15) is 0 Å². The molecule has 0 amide bonds. The van der Waals surface area contributed by atoms with Gasteiger partial charge in [0.2, 0.25) is 0 Å². The molecule has 0 saturated carbocycles. The van der Waals surface area contributed by atoms with Crippen molar-refractivity contribution >= 4 is 128 Å². The molecule has 0 fully saturated rings. The molecule has 4 aromatic heterocycles. The Hall–Kier alpha value is -6.46. The number of aromatic nitrogens is 2. The fourth-order valence-corrected chi connectivity index (χ4v) is 12.1. The minimum Gasteiger partial charge on any atom is -0.308 e. The van der Waals surface area contributed by atoms with Crippen molar-refractivity contribution in [2.24, 2.45) is 0 Å². The van der Waals surface area contributed by atoms with Crippen LogP contribution in [0.25, 0.3) is 117 Å². The Morgan fingerprint density at radius 2 is 0.593 bits per heavy atom. The van der Waals surface area contributed by atoms with Crippen molar-refractivity contribution in [2.45, 2.75) is 0 Å². The molecule has 4 heterocycles. The summed E-state index contributed by atoms with van der Waals surface area (Å²) in [6, 6.07) is 63.0. The minimum absolute atomic E-state index is 1.16. The largest absolute Gasteiger partial charge is 0.308 e. The molecule has 13 rings (SSSR count). The zero-order chi connectivity index (χ0) is 35.1. The Morgan fingerprint density at radius 3 is 1.00 bits per heavy atom. The lowest BCUT2D eigenvalue weighted by atomic mass is 9.99. The third-order valence-electron chi connectivity index (χ3n) is 11.7. The van der Waals surface area contributed by atoms with Crippen LogP contribution in [-0.2, 0) is 0 Å². The van der Waals surface area contributed by atoms with Gasteiger partial charge >= 0.3 is 0 Å². The third kappa shape index (κ3) is 3.64. The number of rotatable bonds is 2. The zero-order valence-corrected chi connectivity index (χ0v) is 30.5. The number of hydrogen-bond acceptors (Lipinski definition) is 2. The molecule has 0 aliphatic carbocycles. The summed E-state index contributed by atoms with van der Waals surface area (Å²) in [6.07, 6.45) is 0. The highest BCUT2D eigenvalue weighted by Gasteiger charge is 2.24. The van der Waals surface area contributed by atoms with Crippen molar-refractivity contribution in [3.05, 3.63) is 170 Å². The van der Waals surface area contributed by atoms with E-state index in [1.807, 2.05) is 22.7 Å². The predicted octanol–water partition coefficient (Wildman–Crippen LogP) is 14.9. The standard InChI is InChI=1S/C50H28N2S2/c1-3-15-33-31(13-1)43-35-17-5-9-21-39(35)51(47(43)49-45(33)37-19-7-11-23-41(37)53-49)29-25-27-30(28-26-29)52-40-22-10-6-18-36(40)44-32-14-2-4-16-34(32)46-38-20-8-12-24-42(38)54-50(46)48(44)52/h1-28H. The van der Waals surface area contributed by atoms with Crippen molar-refractivity contribution in [3.8, 4) is 11.4 Å². The third-order valence-corrected chi connectivity index (χ3v) is 14.0. The van der Waals surface area contributed by atoms with Crippen LogP contribution in [0, 0.1) is 0 Å². The number of fused-ring (bicyclic) bond motifs is 20. The second-order valence-corrected chi connectivity index (χ2v) is 16.5. The number of hydrogen-bond donors (Lipinski definition) is 0. The molecule has 0 radical (unpaired) electrons. The van der Waals surface area contributed by atoms with Crippen LogP contribution in [0.15, 0.2) is 170 Å². The fraction of sp³-hybridized carbons (Fsp3) is 0. The van der Waals surface area contributed by atoms with Crippen LogP contribution in [-0.4, -0.2) is 9.13 Å². The van der Waals surface area contributed by atoms with Gasteiger partial charge in [-0.3, -0.25) is 0 Å². The first-order valence-corrected chi connectivity index (χ1v) is 20.1. The Balaban J connectivity index is 1.14. The monoisotopic (exact) mass is 720 g/mol. The van der Waals surface area contributed by atoms with Gasteiger partial charge in [0.25, 0.3) is 0 Å². The smallest absolute Gasteiger partial charge is 0.0726 e. The van der Waals surface area contributed by atoms with E-state index in [1.165, 1.54) is 106 Å². The molecular formula is C50H28N2S2. The van der Waals surface area contributed by atoms with Gasteiger partial charge in [0.1, 0.15) is 0 Å². The summed E-state index contributed by atoms with van der Waals surface area (Å²) >= 11 is 3.83. The van der Waals surface area contributed by atoms with Gasteiger partial charge in [-0.1, -0.05) is 121 Å². The van der Waals surface area contributed by atoms with E-state index in [0.717, 1.165) is 11.4 Å². The molecule has 0 bridgehead atoms. The summed E-state index contributed by atoms with van der Waals surface area (Å²) in [4.78, 5) is 0. The minimum atomic E-state index is 1.16. The lowest BCUT2D eigenvalue weighted by Gasteiger charge is -2.13. The lowest BCUT2D eigenvalue weighted by Crippen LogP contribution is -1.97. The maximum absolute atomic E-state index is 2.52. The van der Waals surface area contributed by atoms with Crippen LogP contribution in [0.5, 0.6) is 0 Å². The summed E-state index contributed by atoms with van der Waals surface area (Å²) in [5.41, 5.74) is 7.36. The molecule has 0 aliphatic rings. The van der Waals surface area contributed by atoms with E-state index in [-0.39, 0.29) is 0 Å². The summed E-state index contributed by atoms with van der Waals surface area (Å²) in [5, 5.41) is 15.8. The van der Waals surface area contributed by atoms with Gasteiger partial charge in [0.15, 0.2) is 0 Å².